The Labute approximate surface area is 193 Å². The topological polar surface area (TPSA) is 126 Å². The van der Waals surface area contributed by atoms with Gasteiger partial charge in [-0.1, -0.05) is 23.4 Å². The third kappa shape index (κ3) is 5.86. The van der Waals surface area contributed by atoms with Crippen LogP contribution in [0.3, 0.4) is 0 Å². The fourth-order valence-corrected chi connectivity index (χ4v) is 3.64. The van der Waals surface area contributed by atoms with Crippen molar-refractivity contribution in [2.24, 2.45) is 7.05 Å². The van der Waals surface area contributed by atoms with E-state index in [4.69, 9.17) is 16.7 Å². The molecule has 0 spiro atoms. The van der Waals surface area contributed by atoms with Crippen molar-refractivity contribution in [3.8, 4) is 0 Å². The number of hydrogen-bond acceptors (Lipinski definition) is 6. The average molecular weight is 474 g/mol. The Hall–Kier alpha value is -3.37. The number of rotatable bonds is 8. The van der Waals surface area contributed by atoms with Gasteiger partial charge in [0.1, 0.15) is 0 Å². The molecule has 9 nitrogen and oxygen atoms in total. The van der Waals surface area contributed by atoms with Gasteiger partial charge < -0.3 is 20.3 Å². The lowest BCUT2D eigenvalue weighted by atomic mass is 10.2. The molecule has 3 rings (SSSR count). The second-order valence-electron chi connectivity index (χ2n) is 6.82. The predicted molar refractivity (Wildman–Crippen MR) is 121 cm³/mol. The monoisotopic (exact) mass is 473 g/mol. The average Bonchev–Trinajstić information content (AvgIpc) is 3.13. The molecule has 3 aromatic rings. The molecular formula is C21H20ClN5O4S. The van der Waals surface area contributed by atoms with Gasteiger partial charge in [0.2, 0.25) is 5.91 Å². The summed E-state index contributed by atoms with van der Waals surface area (Å²) in [6, 6.07) is 12.0. The summed E-state index contributed by atoms with van der Waals surface area (Å²) in [5, 5.41) is 23.8. The summed E-state index contributed by atoms with van der Waals surface area (Å²) in [6.07, 6.45) is 0. The minimum Gasteiger partial charge on any atom is -0.478 e. The second-order valence-corrected chi connectivity index (χ2v) is 8.20. The number of carboxylic acids is 1. The highest BCUT2D eigenvalue weighted by molar-refractivity contribution is 7.99. The maximum Gasteiger partial charge on any atom is 0.335 e. The van der Waals surface area contributed by atoms with Crippen LogP contribution in [0.1, 0.15) is 39.5 Å². The van der Waals surface area contributed by atoms with E-state index in [2.05, 4.69) is 20.8 Å². The van der Waals surface area contributed by atoms with Gasteiger partial charge in [-0.05, 0) is 55.5 Å². The molecule has 0 bridgehead atoms. The summed E-state index contributed by atoms with van der Waals surface area (Å²) in [6.45, 7) is 1.79. The van der Waals surface area contributed by atoms with Crippen molar-refractivity contribution in [2.75, 3.05) is 11.1 Å². The van der Waals surface area contributed by atoms with Gasteiger partial charge in [0.25, 0.3) is 5.91 Å². The number of benzene rings is 2. The van der Waals surface area contributed by atoms with Gasteiger partial charge in [0.15, 0.2) is 11.0 Å². The normalized spacial score (nSPS) is 11.6. The summed E-state index contributed by atoms with van der Waals surface area (Å²) in [5.74, 6) is -0.945. The first-order chi connectivity index (χ1) is 15.2. The highest BCUT2D eigenvalue weighted by atomic mass is 35.5. The zero-order valence-corrected chi connectivity index (χ0v) is 18.8. The summed E-state index contributed by atoms with van der Waals surface area (Å²) < 4.78 is 1.71. The maximum absolute atomic E-state index is 12.4. The molecule has 11 heteroatoms. The van der Waals surface area contributed by atoms with Gasteiger partial charge in [-0.2, -0.15) is 0 Å². The van der Waals surface area contributed by atoms with Gasteiger partial charge in [0.05, 0.1) is 17.4 Å². The fraction of sp³-hybridized carbons (Fsp3) is 0.190. The van der Waals surface area contributed by atoms with Crippen molar-refractivity contribution in [1.29, 1.82) is 0 Å². The second kappa shape index (κ2) is 10.3. The van der Waals surface area contributed by atoms with Crippen LogP contribution in [0.15, 0.2) is 53.7 Å². The smallest absolute Gasteiger partial charge is 0.335 e. The Morgan fingerprint density at radius 1 is 1.06 bits per heavy atom. The third-order valence-corrected chi connectivity index (χ3v) is 5.73. The molecule has 1 aromatic heterocycles. The van der Waals surface area contributed by atoms with E-state index in [1.165, 1.54) is 36.0 Å². The van der Waals surface area contributed by atoms with Crippen LogP contribution in [0.5, 0.6) is 0 Å². The standard InChI is InChI=1S/C21H20ClN5O4S/c1-12(23-19(29)13-3-7-15(22)8-4-13)18-25-26-21(27(18)2)32-11-17(28)24-16-9-5-14(6-10-16)20(30)31/h3-10,12H,11H2,1-2H3,(H,23,29)(H,24,28)(H,30,31)/t12-/m1/s1. The number of aromatic nitrogens is 3. The van der Waals surface area contributed by atoms with E-state index in [-0.39, 0.29) is 23.1 Å². The number of hydrogen-bond donors (Lipinski definition) is 3. The van der Waals surface area contributed by atoms with Crippen LogP contribution in [0.2, 0.25) is 5.02 Å². The number of nitrogens with one attached hydrogen (secondary N) is 2. The van der Waals surface area contributed by atoms with Gasteiger partial charge in [0, 0.05) is 23.3 Å². The van der Waals surface area contributed by atoms with Crippen molar-refractivity contribution < 1.29 is 19.5 Å². The molecule has 32 heavy (non-hydrogen) atoms. The van der Waals surface area contributed by atoms with E-state index in [1.807, 2.05) is 0 Å². The Balaban J connectivity index is 1.55. The molecular weight excluding hydrogens is 454 g/mol. The van der Waals surface area contributed by atoms with E-state index in [0.717, 1.165) is 0 Å². The SMILES string of the molecule is C[C@@H](NC(=O)c1ccc(Cl)cc1)c1nnc(SCC(=O)Nc2ccc(C(=O)O)cc2)n1C. The number of carboxylic acid groups (broad SMARTS) is 1. The molecule has 1 heterocycles. The molecule has 0 saturated heterocycles. The van der Waals surface area contributed by atoms with E-state index in [0.29, 0.717) is 27.3 Å². The Kier molecular flexibility index (Phi) is 7.49. The van der Waals surface area contributed by atoms with Crippen LogP contribution in [0.4, 0.5) is 5.69 Å². The first-order valence-electron chi connectivity index (χ1n) is 9.46. The Morgan fingerprint density at radius 3 is 2.31 bits per heavy atom. The number of nitrogens with zero attached hydrogens (tertiary/aromatic N) is 3. The van der Waals surface area contributed by atoms with Crippen LogP contribution >= 0.6 is 23.4 Å². The Bertz CT molecular complexity index is 1130. The highest BCUT2D eigenvalue weighted by Gasteiger charge is 2.19. The van der Waals surface area contributed by atoms with E-state index >= 15 is 0 Å². The third-order valence-electron chi connectivity index (χ3n) is 4.46. The van der Waals surface area contributed by atoms with Crippen molar-refractivity contribution >= 4 is 46.8 Å². The number of carbonyl (C=O) groups is 3. The highest BCUT2D eigenvalue weighted by Crippen LogP contribution is 2.20. The van der Waals surface area contributed by atoms with Gasteiger partial charge in [-0.3, -0.25) is 9.59 Å². The number of amides is 2. The van der Waals surface area contributed by atoms with Crippen LogP contribution in [-0.2, 0) is 11.8 Å². The molecule has 166 valence electrons. The molecule has 0 unspecified atom stereocenters. The molecule has 2 amide bonds. The van der Waals surface area contributed by atoms with E-state index in [9.17, 15) is 14.4 Å². The zero-order valence-electron chi connectivity index (χ0n) is 17.2. The summed E-state index contributed by atoms with van der Waals surface area (Å²) in [5.41, 5.74) is 1.12. The molecule has 2 aromatic carbocycles. The summed E-state index contributed by atoms with van der Waals surface area (Å²) >= 11 is 7.04. The minimum absolute atomic E-state index is 0.0815. The number of aromatic carboxylic acids is 1. The minimum atomic E-state index is -1.03. The van der Waals surface area contributed by atoms with Crippen molar-refractivity contribution in [2.45, 2.75) is 18.1 Å². The predicted octanol–water partition coefficient (Wildman–Crippen LogP) is 3.39. The van der Waals surface area contributed by atoms with Crippen LogP contribution < -0.4 is 10.6 Å². The lowest BCUT2D eigenvalue weighted by Gasteiger charge is -2.13. The molecule has 0 aliphatic rings. The number of carbonyl (C=O) groups excluding carboxylic acids is 2. The van der Waals surface area contributed by atoms with Gasteiger partial charge in [-0.15, -0.1) is 10.2 Å². The molecule has 0 radical (unpaired) electrons. The van der Waals surface area contributed by atoms with Crippen molar-refractivity contribution in [3.63, 3.8) is 0 Å². The van der Waals surface area contributed by atoms with Crippen molar-refractivity contribution in [1.82, 2.24) is 20.1 Å². The maximum atomic E-state index is 12.4. The molecule has 3 N–H and O–H groups in total. The fourth-order valence-electron chi connectivity index (χ4n) is 2.80. The lowest BCUT2D eigenvalue weighted by Crippen LogP contribution is -2.28. The van der Waals surface area contributed by atoms with E-state index in [1.54, 1.807) is 42.8 Å². The number of halogens is 1. The first-order valence-corrected chi connectivity index (χ1v) is 10.8. The van der Waals surface area contributed by atoms with Crippen LogP contribution in [0.25, 0.3) is 0 Å². The van der Waals surface area contributed by atoms with Crippen LogP contribution in [-0.4, -0.2) is 43.4 Å². The summed E-state index contributed by atoms with van der Waals surface area (Å²) in [4.78, 5) is 35.5. The summed E-state index contributed by atoms with van der Waals surface area (Å²) in [7, 11) is 1.76. The number of thioether (sulfide) groups is 1. The largest absolute Gasteiger partial charge is 0.478 e. The first kappa shape index (κ1) is 23.3. The molecule has 0 aliphatic heterocycles. The van der Waals surface area contributed by atoms with Gasteiger partial charge >= 0.3 is 5.97 Å². The molecule has 0 aliphatic carbocycles. The van der Waals surface area contributed by atoms with Crippen LogP contribution in [0, 0.1) is 0 Å². The quantitative estimate of drug-likeness (QED) is 0.428. The molecule has 0 saturated carbocycles. The Morgan fingerprint density at radius 2 is 1.69 bits per heavy atom. The lowest BCUT2D eigenvalue weighted by molar-refractivity contribution is -0.113. The van der Waals surface area contributed by atoms with Gasteiger partial charge in [-0.25, -0.2) is 4.79 Å². The zero-order chi connectivity index (χ0) is 23.3. The molecule has 0 fully saturated rings. The molecule has 1 atom stereocenters. The van der Waals surface area contributed by atoms with E-state index < -0.39 is 12.0 Å². The number of anilines is 1. The van der Waals surface area contributed by atoms with Crippen molar-refractivity contribution in [3.05, 3.63) is 70.5 Å².